The molecule has 1 saturated carbocycles. The molecular weight excluding hydrogens is 651 g/mol. The average Bonchev–Trinajstić information content (AvgIpc) is 3.03. The quantitative estimate of drug-likeness (QED) is 0.286. The maximum atomic E-state index is 13.8. The highest BCUT2D eigenvalue weighted by Gasteiger charge is 2.49. The van der Waals surface area contributed by atoms with Crippen LogP contribution in [0.2, 0.25) is 0 Å². The Morgan fingerprint density at radius 3 is 2.42 bits per heavy atom. The predicted molar refractivity (Wildman–Crippen MR) is 196 cm³/mol. The normalized spacial score (nSPS) is 21.0. The van der Waals surface area contributed by atoms with Crippen molar-refractivity contribution < 1.29 is 22.7 Å². The van der Waals surface area contributed by atoms with E-state index in [0.29, 0.717) is 49.8 Å². The van der Waals surface area contributed by atoms with Gasteiger partial charge in [-0.3, -0.25) is 4.90 Å². The van der Waals surface area contributed by atoms with Gasteiger partial charge in [-0.1, -0.05) is 64.1 Å². The molecule has 3 heterocycles. The predicted octanol–water partition coefficient (Wildman–Crippen LogP) is 7.86. The number of hydrogen-bond acceptors (Lipinski definition) is 8. The Hall–Kier alpha value is -3.70. The van der Waals surface area contributed by atoms with Crippen molar-refractivity contribution >= 4 is 22.1 Å². The highest BCUT2D eigenvalue weighted by molar-refractivity contribution is 7.92. The standard InChI is InChI=1S/C39H53N5O5S/c1-26(2)19-29-25-48-35-21-34(33-14-9-8-13-32(33)27(3)4)40-36(41-35)42-50(46,47)31-12-10-11-28(20-31)24-44(29)30-22-39(23-30)15-17-43(18-16-39)37(45)49-38(5,6)7/h8-14,20-21,26-27,29-30H,15-19,22-25H2,1-7H3,(H,40,41,42)/t29-/m1/s1. The van der Waals surface area contributed by atoms with Crippen molar-refractivity contribution in [3.8, 4) is 17.1 Å². The molecule has 0 unspecified atom stereocenters. The van der Waals surface area contributed by atoms with Crippen molar-refractivity contribution in [2.45, 2.75) is 116 Å². The minimum absolute atomic E-state index is 0.0170. The molecule has 0 radical (unpaired) electrons. The summed E-state index contributed by atoms with van der Waals surface area (Å²) in [5.41, 5.74) is 3.23. The molecule has 10 nitrogen and oxygen atoms in total. The Morgan fingerprint density at radius 2 is 1.74 bits per heavy atom. The lowest BCUT2D eigenvalue weighted by Crippen LogP contribution is -2.58. The van der Waals surface area contributed by atoms with E-state index in [4.69, 9.17) is 14.5 Å². The van der Waals surface area contributed by atoms with Crippen LogP contribution >= 0.6 is 0 Å². The topological polar surface area (TPSA) is 114 Å². The van der Waals surface area contributed by atoms with Crippen LogP contribution in [0, 0.1) is 11.3 Å². The van der Waals surface area contributed by atoms with Gasteiger partial charge in [0.1, 0.15) is 12.2 Å². The Bertz CT molecular complexity index is 1790. The number of rotatable bonds is 5. The number of piperidine rings is 1. The second-order valence-electron chi connectivity index (χ2n) is 16.2. The minimum atomic E-state index is -3.98. The van der Waals surface area contributed by atoms with E-state index >= 15 is 0 Å². The number of carbonyl (C=O) groups is 1. The van der Waals surface area contributed by atoms with Crippen molar-refractivity contribution in [2.24, 2.45) is 11.3 Å². The number of likely N-dealkylation sites (tertiary alicyclic amines) is 1. The molecule has 1 spiro atoms. The van der Waals surface area contributed by atoms with Gasteiger partial charge in [-0.2, -0.15) is 4.98 Å². The van der Waals surface area contributed by atoms with E-state index in [9.17, 15) is 13.2 Å². The Labute approximate surface area is 298 Å². The molecule has 1 saturated heterocycles. The second kappa shape index (κ2) is 14.1. The van der Waals surface area contributed by atoms with Crippen LogP contribution in [0.25, 0.3) is 11.3 Å². The number of nitrogens with one attached hydrogen (secondary N) is 1. The first-order valence-corrected chi connectivity index (χ1v) is 19.5. The summed E-state index contributed by atoms with van der Waals surface area (Å²) >= 11 is 0. The first-order valence-electron chi connectivity index (χ1n) is 18.1. The van der Waals surface area contributed by atoms with Crippen LogP contribution in [-0.4, -0.2) is 71.7 Å². The minimum Gasteiger partial charge on any atom is -0.476 e. The van der Waals surface area contributed by atoms with Crippen LogP contribution in [0.3, 0.4) is 0 Å². The van der Waals surface area contributed by atoms with Crippen LogP contribution in [0.15, 0.2) is 59.5 Å². The summed E-state index contributed by atoms with van der Waals surface area (Å²) in [6.07, 6.45) is 4.63. The fraction of sp³-hybridized carbons (Fsp3) is 0.564. The number of hydrogen-bond donors (Lipinski definition) is 1. The first-order chi connectivity index (χ1) is 23.6. The summed E-state index contributed by atoms with van der Waals surface area (Å²) < 4.78 is 42.4. The van der Waals surface area contributed by atoms with Gasteiger partial charge in [0.25, 0.3) is 10.0 Å². The number of carbonyl (C=O) groups excluding carboxylic acids is 1. The lowest BCUT2D eigenvalue weighted by molar-refractivity contribution is -0.0705. The molecule has 50 heavy (non-hydrogen) atoms. The summed E-state index contributed by atoms with van der Waals surface area (Å²) in [7, 11) is -3.98. The third-order valence-corrected chi connectivity index (χ3v) is 11.6. The van der Waals surface area contributed by atoms with E-state index in [1.165, 1.54) is 0 Å². The molecule has 6 rings (SSSR count). The van der Waals surface area contributed by atoms with Crippen molar-refractivity contribution in [3.63, 3.8) is 0 Å². The zero-order valence-corrected chi connectivity index (χ0v) is 31.4. The molecule has 3 aliphatic rings. The van der Waals surface area contributed by atoms with Gasteiger partial charge in [0, 0.05) is 43.3 Å². The molecule has 1 amide bonds. The molecule has 1 N–H and O–H groups in total. The van der Waals surface area contributed by atoms with E-state index in [1.54, 1.807) is 12.1 Å². The van der Waals surface area contributed by atoms with Crippen LogP contribution in [0.4, 0.5) is 10.7 Å². The molecule has 2 aromatic carbocycles. The molecule has 4 bridgehead atoms. The molecular formula is C39H53N5O5S. The van der Waals surface area contributed by atoms with E-state index < -0.39 is 15.6 Å². The summed E-state index contributed by atoms with van der Waals surface area (Å²) in [4.78, 5) is 26.6. The van der Waals surface area contributed by atoms with Crippen molar-refractivity contribution in [1.29, 1.82) is 0 Å². The van der Waals surface area contributed by atoms with Crippen molar-refractivity contribution in [1.82, 2.24) is 19.8 Å². The van der Waals surface area contributed by atoms with Gasteiger partial charge in [0.15, 0.2) is 0 Å². The third-order valence-electron chi connectivity index (χ3n) is 10.3. The fourth-order valence-electron chi connectivity index (χ4n) is 7.77. The molecule has 1 aliphatic carbocycles. The lowest BCUT2D eigenvalue weighted by atomic mass is 9.59. The van der Waals surface area contributed by atoms with E-state index in [-0.39, 0.29) is 34.3 Å². The summed E-state index contributed by atoms with van der Waals surface area (Å²) in [6.45, 7) is 16.8. The zero-order valence-electron chi connectivity index (χ0n) is 30.6. The maximum absolute atomic E-state index is 13.8. The van der Waals surface area contributed by atoms with Gasteiger partial charge in [-0.05, 0) is 93.4 Å². The first kappa shape index (κ1) is 36.1. The fourth-order valence-corrected chi connectivity index (χ4v) is 8.78. The van der Waals surface area contributed by atoms with Crippen LogP contribution < -0.4 is 9.46 Å². The lowest BCUT2D eigenvalue weighted by Gasteiger charge is -2.56. The molecule has 1 atom stereocenters. The number of amides is 1. The van der Waals surface area contributed by atoms with Gasteiger partial charge in [-0.25, -0.2) is 22.9 Å². The number of benzene rings is 2. The Kier molecular flexibility index (Phi) is 10.2. The Balaban J connectivity index is 1.31. The van der Waals surface area contributed by atoms with Crippen molar-refractivity contribution in [2.75, 3.05) is 24.4 Å². The molecule has 270 valence electrons. The Morgan fingerprint density at radius 1 is 1.02 bits per heavy atom. The highest BCUT2D eigenvalue weighted by Crippen LogP contribution is 2.52. The summed E-state index contributed by atoms with van der Waals surface area (Å²) in [5, 5.41) is 0. The largest absolute Gasteiger partial charge is 0.476 e. The molecule has 2 fully saturated rings. The highest BCUT2D eigenvalue weighted by atomic mass is 32.2. The van der Waals surface area contributed by atoms with E-state index in [2.05, 4.69) is 48.4 Å². The van der Waals surface area contributed by atoms with E-state index in [1.807, 2.05) is 62.1 Å². The second-order valence-corrected chi connectivity index (χ2v) is 17.9. The third kappa shape index (κ3) is 8.26. The van der Waals surface area contributed by atoms with Gasteiger partial charge in [0.2, 0.25) is 11.8 Å². The molecule has 2 aliphatic heterocycles. The maximum Gasteiger partial charge on any atom is 0.410 e. The summed E-state index contributed by atoms with van der Waals surface area (Å²) in [5.74, 6) is 0.972. The number of aromatic nitrogens is 2. The van der Waals surface area contributed by atoms with Crippen LogP contribution in [0.1, 0.15) is 97.6 Å². The monoisotopic (exact) mass is 703 g/mol. The molecule has 1 aromatic heterocycles. The van der Waals surface area contributed by atoms with Crippen LogP contribution in [0.5, 0.6) is 5.88 Å². The molecule has 3 aromatic rings. The molecule has 11 heteroatoms. The average molecular weight is 704 g/mol. The number of ether oxygens (including phenoxy) is 2. The smallest absolute Gasteiger partial charge is 0.410 e. The zero-order chi connectivity index (χ0) is 35.8. The number of fused-ring (bicyclic) bond motifs is 4. The van der Waals surface area contributed by atoms with Gasteiger partial charge >= 0.3 is 6.09 Å². The number of nitrogens with zero attached hydrogens (tertiary/aromatic N) is 4. The number of sulfonamides is 1. The van der Waals surface area contributed by atoms with E-state index in [0.717, 1.165) is 48.8 Å². The van der Waals surface area contributed by atoms with Crippen LogP contribution in [-0.2, 0) is 21.3 Å². The van der Waals surface area contributed by atoms with Crippen molar-refractivity contribution in [3.05, 3.63) is 65.7 Å². The number of anilines is 1. The van der Waals surface area contributed by atoms with Gasteiger partial charge in [-0.15, -0.1) is 0 Å². The van der Waals surface area contributed by atoms with Gasteiger partial charge in [0.05, 0.1) is 10.6 Å². The summed E-state index contributed by atoms with van der Waals surface area (Å²) in [6, 6.07) is 17.4. The SMILES string of the molecule is CC(C)C[C@@H]1COc2cc(-c3ccccc3C(C)C)nc(n2)NS(=O)(=O)c2cccc(c2)CN1C1CC2(CCN(C(=O)OC(C)(C)C)CC2)C1. The van der Waals surface area contributed by atoms with Gasteiger partial charge < -0.3 is 14.4 Å².